The van der Waals surface area contributed by atoms with Crippen molar-refractivity contribution in [1.29, 1.82) is 0 Å². The molecule has 180 valence electrons. The molecule has 1 saturated heterocycles. The molecule has 0 bridgehead atoms. The first-order valence-corrected chi connectivity index (χ1v) is 12.0. The number of aryl methyl sites for hydroxylation is 3. The quantitative estimate of drug-likeness (QED) is 0.574. The normalized spacial score (nSPS) is 16.6. The zero-order valence-corrected chi connectivity index (χ0v) is 20.6. The number of benzene rings is 2. The molecule has 0 atom stereocenters. The molecule has 3 heterocycles. The number of carbonyl (C=O) groups is 2. The smallest absolute Gasteiger partial charge is 0.253 e. The molecule has 1 amide bonds. The van der Waals surface area contributed by atoms with Gasteiger partial charge in [0.05, 0.1) is 12.0 Å². The first-order valence-electron chi connectivity index (χ1n) is 12.0. The van der Waals surface area contributed by atoms with Crippen LogP contribution in [0.1, 0.15) is 62.5 Å². The second-order valence-corrected chi connectivity index (χ2v) is 9.74. The van der Waals surface area contributed by atoms with Gasteiger partial charge in [0, 0.05) is 48.6 Å². The maximum atomic E-state index is 13.3. The fraction of sp³-hybridized carbons (Fsp3) is 0.357. The standard InChI is InChI=1S/C28H30N4O3/c1-17-8-9-23-24(33)16-28(35-25(23)20(17)4)10-12-32(13-11-28)26(34)21-6-5-7-22(15-21)31-27-29-18(2)14-19(3)30-27/h5-9,14-15H,10-13,16H2,1-4H3,(H,29,30,31). The third-order valence-corrected chi connectivity index (χ3v) is 7.09. The van der Waals surface area contributed by atoms with E-state index in [-0.39, 0.29) is 11.7 Å². The van der Waals surface area contributed by atoms with Crippen molar-refractivity contribution in [2.45, 2.75) is 52.6 Å². The van der Waals surface area contributed by atoms with Gasteiger partial charge >= 0.3 is 0 Å². The largest absolute Gasteiger partial charge is 0.486 e. The predicted molar refractivity (Wildman–Crippen MR) is 135 cm³/mol. The number of nitrogens with one attached hydrogen (secondary N) is 1. The van der Waals surface area contributed by atoms with Gasteiger partial charge in [0.25, 0.3) is 5.91 Å². The van der Waals surface area contributed by atoms with Gasteiger partial charge in [-0.25, -0.2) is 9.97 Å². The summed E-state index contributed by atoms with van der Waals surface area (Å²) < 4.78 is 6.50. The number of ether oxygens (including phenoxy) is 1. The number of piperidine rings is 1. The minimum atomic E-state index is -0.539. The van der Waals surface area contributed by atoms with Crippen molar-refractivity contribution < 1.29 is 14.3 Å². The predicted octanol–water partition coefficient (Wildman–Crippen LogP) is 5.09. The van der Waals surface area contributed by atoms with Crippen molar-refractivity contribution in [3.05, 3.63) is 76.1 Å². The van der Waals surface area contributed by atoms with Gasteiger partial charge in [-0.1, -0.05) is 12.1 Å². The fourth-order valence-corrected chi connectivity index (χ4v) is 5.00. The molecular formula is C28H30N4O3. The van der Waals surface area contributed by atoms with Gasteiger partial charge in [0.15, 0.2) is 5.78 Å². The Kier molecular flexibility index (Phi) is 5.79. The minimum Gasteiger partial charge on any atom is -0.486 e. The van der Waals surface area contributed by atoms with Crippen molar-refractivity contribution in [1.82, 2.24) is 14.9 Å². The van der Waals surface area contributed by atoms with Gasteiger partial charge in [0.1, 0.15) is 11.4 Å². The lowest BCUT2D eigenvalue weighted by molar-refractivity contribution is -0.00620. The second-order valence-electron chi connectivity index (χ2n) is 9.74. The van der Waals surface area contributed by atoms with Gasteiger partial charge in [-0.05, 0) is 69.2 Å². The summed E-state index contributed by atoms with van der Waals surface area (Å²) >= 11 is 0. The molecule has 1 spiro atoms. The van der Waals surface area contributed by atoms with Crippen LogP contribution >= 0.6 is 0 Å². The Morgan fingerprint density at radius 1 is 1.00 bits per heavy atom. The number of hydrogen-bond donors (Lipinski definition) is 1. The molecule has 35 heavy (non-hydrogen) atoms. The van der Waals surface area contributed by atoms with Crippen LogP contribution in [0, 0.1) is 27.7 Å². The van der Waals surface area contributed by atoms with Crippen LogP contribution in [0.5, 0.6) is 5.75 Å². The molecule has 1 aromatic heterocycles. The lowest BCUT2D eigenvalue weighted by Gasteiger charge is -2.44. The number of rotatable bonds is 3. The summed E-state index contributed by atoms with van der Waals surface area (Å²) in [6.07, 6.45) is 1.62. The van der Waals surface area contributed by atoms with Crippen molar-refractivity contribution in [3.63, 3.8) is 0 Å². The zero-order chi connectivity index (χ0) is 24.7. The highest BCUT2D eigenvalue weighted by Crippen LogP contribution is 2.42. The highest BCUT2D eigenvalue weighted by molar-refractivity contribution is 6.01. The Hall–Kier alpha value is -3.74. The highest BCUT2D eigenvalue weighted by Gasteiger charge is 2.44. The van der Waals surface area contributed by atoms with Gasteiger partial charge in [0.2, 0.25) is 5.95 Å². The summed E-state index contributed by atoms with van der Waals surface area (Å²) in [6.45, 7) is 8.97. The van der Waals surface area contributed by atoms with E-state index in [1.165, 1.54) is 0 Å². The van der Waals surface area contributed by atoms with Crippen LogP contribution in [0.4, 0.5) is 11.6 Å². The maximum absolute atomic E-state index is 13.3. The SMILES string of the molecule is Cc1cc(C)nc(Nc2cccc(C(=O)N3CCC4(CC3)CC(=O)c3ccc(C)c(C)c3O4)c2)n1. The van der Waals surface area contributed by atoms with Crippen LogP contribution < -0.4 is 10.1 Å². The van der Waals surface area contributed by atoms with Crippen LogP contribution in [0.2, 0.25) is 0 Å². The van der Waals surface area contributed by atoms with Crippen LogP contribution in [-0.4, -0.2) is 45.2 Å². The molecule has 0 saturated carbocycles. The van der Waals surface area contributed by atoms with Crippen molar-refractivity contribution in [2.75, 3.05) is 18.4 Å². The number of hydrogen-bond acceptors (Lipinski definition) is 6. The number of likely N-dealkylation sites (tertiary alicyclic amines) is 1. The third kappa shape index (κ3) is 4.50. The molecule has 0 unspecified atom stereocenters. The number of carbonyl (C=O) groups excluding carboxylic acids is 2. The molecule has 2 aromatic carbocycles. The monoisotopic (exact) mass is 470 g/mol. The molecule has 2 aliphatic rings. The summed E-state index contributed by atoms with van der Waals surface area (Å²) in [5.74, 6) is 1.33. The van der Waals surface area contributed by atoms with Gasteiger partial charge in [-0.2, -0.15) is 0 Å². The highest BCUT2D eigenvalue weighted by atomic mass is 16.5. The number of fused-ring (bicyclic) bond motifs is 1. The molecule has 2 aliphatic heterocycles. The number of nitrogens with zero attached hydrogens (tertiary/aromatic N) is 3. The number of Topliss-reactive ketones (excluding diaryl/α,β-unsaturated/α-hetero) is 1. The Morgan fingerprint density at radius 2 is 1.71 bits per heavy atom. The molecule has 7 heteroatoms. The number of ketones is 1. The maximum Gasteiger partial charge on any atom is 0.253 e. The average molecular weight is 471 g/mol. The van der Waals surface area contributed by atoms with Crippen LogP contribution in [-0.2, 0) is 0 Å². The van der Waals surface area contributed by atoms with E-state index in [2.05, 4.69) is 15.3 Å². The average Bonchev–Trinajstić information content (AvgIpc) is 2.81. The minimum absolute atomic E-state index is 0.0283. The number of anilines is 2. The molecule has 7 nitrogen and oxygen atoms in total. The molecule has 1 fully saturated rings. The van der Waals surface area contributed by atoms with E-state index in [4.69, 9.17) is 4.74 Å². The Balaban J connectivity index is 1.29. The van der Waals surface area contributed by atoms with E-state index in [1.807, 2.05) is 75.1 Å². The molecule has 0 radical (unpaired) electrons. The summed E-state index contributed by atoms with van der Waals surface area (Å²) in [7, 11) is 0. The van der Waals surface area contributed by atoms with Crippen LogP contribution in [0.25, 0.3) is 0 Å². The topological polar surface area (TPSA) is 84.4 Å². The Bertz CT molecular complexity index is 1310. The molecule has 1 N–H and O–H groups in total. The lowest BCUT2D eigenvalue weighted by Crippen LogP contribution is -2.52. The Labute approximate surface area is 205 Å². The second kappa shape index (κ2) is 8.80. The lowest BCUT2D eigenvalue weighted by atomic mass is 9.81. The summed E-state index contributed by atoms with van der Waals surface area (Å²) in [5, 5.41) is 3.20. The summed E-state index contributed by atoms with van der Waals surface area (Å²) in [5.41, 5.74) is 5.40. The van der Waals surface area contributed by atoms with E-state index in [0.29, 0.717) is 55.2 Å². The number of amides is 1. The van der Waals surface area contributed by atoms with Crippen LogP contribution in [0.3, 0.4) is 0 Å². The first kappa shape index (κ1) is 23.0. The van der Waals surface area contributed by atoms with Gasteiger partial charge in [-0.3, -0.25) is 9.59 Å². The van der Waals surface area contributed by atoms with Crippen LogP contribution in [0.15, 0.2) is 42.5 Å². The summed E-state index contributed by atoms with van der Waals surface area (Å²) in [6, 6.07) is 13.2. The van der Waals surface area contributed by atoms with Crippen molar-refractivity contribution >= 4 is 23.3 Å². The van der Waals surface area contributed by atoms with Crippen molar-refractivity contribution in [3.8, 4) is 5.75 Å². The van der Waals surface area contributed by atoms with Gasteiger partial charge < -0.3 is 15.0 Å². The van der Waals surface area contributed by atoms with E-state index in [9.17, 15) is 9.59 Å². The van der Waals surface area contributed by atoms with E-state index >= 15 is 0 Å². The van der Waals surface area contributed by atoms with Crippen molar-refractivity contribution in [2.24, 2.45) is 0 Å². The molecular weight excluding hydrogens is 440 g/mol. The van der Waals surface area contributed by atoms with E-state index in [0.717, 1.165) is 28.2 Å². The number of aromatic nitrogens is 2. The van der Waals surface area contributed by atoms with Gasteiger partial charge in [-0.15, -0.1) is 0 Å². The first-order chi connectivity index (χ1) is 16.7. The third-order valence-electron chi connectivity index (χ3n) is 7.09. The molecule has 5 rings (SSSR count). The Morgan fingerprint density at radius 3 is 2.43 bits per heavy atom. The molecule has 3 aromatic rings. The summed E-state index contributed by atoms with van der Waals surface area (Å²) in [4.78, 5) is 36.9. The van der Waals surface area contributed by atoms with E-state index < -0.39 is 5.60 Å². The van der Waals surface area contributed by atoms with E-state index in [1.54, 1.807) is 0 Å². The molecule has 0 aliphatic carbocycles. The fourth-order valence-electron chi connectivity index (χ4n) is 5.00. The zero-order valence-electron chi connectivity index (χ0n) is 20.6.